The molecule has 1 atom stereocenters. The SMILES string of the molecule is CCC(C)N1C(=O)c2ccc(C(=O)Nc3nc(-c4cccs4)cs3)cc2C1=O. The zero-order chi connectivity index (χ0) is 19.8. The summed E-state index contributed by atoms with van der Waals surface area (Å²) in [7, 11) is 0. The topological polar surface area (TPSA) is 79.4 Å². The lowest BCUT2D eigenvalue weighted by Gasteiger charge is -2.20. The third-order valence-electron chi connectivity index (χ3n) is 4.71. The predicted molar refractivity (Wildman–Crippen MR) is 110 cm³/mol. The number of benzene rings is 1. The Hall–Kier alpha value is -2.84. The van der Waals surface area contributed by atoms with Crippen LogP contribution >= 0.6 is 22.7 Å². The fraction of sp³-hybridized carbons (Fsp3) is 0.200. The van der Waals surface area contributed by atoms with Crippen LogP contribution in [-0.4, -0.2) is 33.6 Å². The Morgan fingerprint density at radius 2 is 1.96 bits per heavy atom. The molecule has 28 heavy (non-hydrogen) atoms. The van der Waals surface area contributed by atoms with Crippen molar-refractivity contribution < 1.29 is 14.4 Å². The van der Waals surface area contributed by atoms with Crippen molar-refractivity contribution >= 4 is 45.5 Å². The molecule has 3 aromatic rings. The van der Waals surface area contributed by atoms with Crippen molar-refractivity contribution in [2.45, 2.75) is 26.3 Å². The van der Waals surface area contributed by atoms with Gasteiger partial charge in [0, 0.05) is 17.0 Å². The van der Waals surface area contributed by atoms with Crippen molar-refractivity contribution in [2.75, 3.05) is 5.32 Å². The third-order valence-corrected chi connectivity index (χ3v) is 6.36. The number of amides is 3. The van der Waals surface area contributed by atoms with Gasteiger partial charge in [0.25, 0.3) is 17.7 Å². The van der Waals surface area contributed by atoms with E-state index >= 15 is 0 Å². The molecule has 4 rings (SSSR count). The normalized spacial score (nSPS) is 14.3. The van der Waals surface area contributed by atoms with Gasteiger partial charge in [-0.2, -0.15) is 0 Å². The van der Waals surface area contributed by atoms with Gasteiger partial charge in [-0.15, -0.1) is 22.7 Å². The second kappa shape index (κ2) is 7.29. The van der Waals surface area contributed by atoms with Gasteiger partial charge >= 0.3 is 0 Å². The van der Waals surface area contributed by atoms with E-state index in [2.05, 4.69) is 10.3 Å². The number of carbonyl (C=O) groups is 3. The van der Waals surface area contributed by atoms with Gasteiger partial charge in [0.15, 0.2) is 5.13 Å². The van der Waals surface area contributed by atoms with E-state index < -0.39 is 0 Å². The number of nitrogens with one attached hydrogen (secondary N) is 1. The molecule has 142 valence electrons. The van der Waals surface area contributed by atoms with Crippen LogP contribution in [0.4, 0.5) is 5.13 Å². The lowest BCUT2D eigenvalue weighted by molar-refractivity contribution is 0.0593. The van der Waals surface area contributed by atoms with Crippen molar-refractivity contribution in [3.05, 3.63) is 57.8 Å². The quantitative estimate of drug-likeness (QED) is 0.626. The van der Waals surface area contributed by atoms with E-state index in [0.717, 1.165) is 10.6 Å². The molecule has 1 aliphatic rings. The first-order chi connectivity index (χ1) is 13.5. The van der Waals surface area contributed by atoms with E-state index in [1.165, 1.54) is 22.3 Å². The lowest BCUT2D eigenvalue weighted by atomic mass is 10.1. The van der Waals surface area contributed by atoms with Crippen LogP contribution in [0.15, 0.2) is 41.1 Å². The highest BCUT2D eigenvalue weighted by Crippen LogP contribution is 2.29. The molecule has 3 amide bonds. The van der Waals surface area contributed by atoms with Crippen molar-refractivity contribution in [1.29, 1.82) is 0 Å². The van der Waals surface area contributed by atoms with Crippen LogP contribution in [0.5, 0.6) is 0 Å². The molecular formula is C20H17N3O3S2. The summed E-state index contributed by atoms with van der Waals surface area (Å²) in [5.41, 5.74) is 1.75. The molecule has 0 fully saturated rings. The number of aromatic nitrogens is 1. The van der Waals surface area contributed by atoms with E-state index in [1.807, 2.05) is 36.7 Å². The van der Waals surface area contributed by atoms with Gasteiger partial charge in [0.05, 0.1) is 21.7 Å². The fourth-order valence-electron chi connectivity index (χ4n) is 3.02. The number of hydrogen-bond acceptors (Lipinski definition) is 6. The van der Waals surface area contributed by atoms with Crippen LogP contribution in [-0.2, 0) is 0 Å². The minimum Gasteiger partial charge on any atom is -0.298 e. The summed E-state index contributed by atoms with van der Waals surface area (Å²) in [6, 6.07) is 8.33. The summed E-state index contributed by atoms with van der Waals surface area (Å²) in [4.78, 5) is 44.5. The van der Waals surface area contributed by atoms with Crippen molar-refractivity contribution in [3.8, 4) is 10.6 Å². The Morgan fingerprint density at radius 1 is 1.18 bits per heavy atom. The molecule has 0 radical (unpaired) electrons. The number of anilines is 1. The van der Waals surface area contributed by atoms with Crippen LogP contribution in [0.1, 0.15) is 51.3 Å². The summed E-state index contributed by atoms with van der Waals surface area (Å²) in [6.07, 6.45) is 0.676. The number of carbonyl (C=O) groups excluding carboxylic acids is 3. The second-order valence-electron chi connectivity index (χ2n) is 6.47. The molecule has 0 aliphatic carbocycles. The van der Waals surface area contributed by atoms with Crippen molar-refractivity contribution in [2.24, 2.45) is 0 Å². The molecule has 6 nitrogen and oxygen atoms in total. The number of thiazole rings is 1. The number of thiophene rings is 1. The molecule has 3 heterocycles. The molecule has 1 unspecified atom stereocenters. The Morgan fingerprint density at radius 3 is 2.68 bits per heavy atom. The monoisotopic (exact) mass is 411 g/mol. The summed E-state index contributed by atoms with van der Waals surface area (Å²) < 4.78 is 0. The van der Waals surface area contributed by atoms with Crippen LogP contribution in [0.2, 0.25) is 0 Å². The minimum absolute atomic E-state index is 0.185. The smallest absolute Gasteiger partial charge is 0.261 e. The maximum absolute atomic E-state index is 12.6. The van der Waals surface area contributed by atoms with E-state index in [-0.39, 0.29) is 29.3 Å². The zero-order valence-corrected chi connectivity index (χ0v) is 16.9. The van der Waals surface area contributed by atoms with Crippen molar-refractivity contribution in [1.82, 2.24) is 9.88 Å². The van der Waals surface area contributed by atoms with Crippen LogP contribution in [0, 0.1) is 0 Å². The number of imide groups is 1. The fourth-order valence-corrected chi connectivity index (χ4v) is 4.49. The molecule has 0 spiro atoms. The first-order valence-electron chi connectivity index (χ1n) is 8.82. The highest BCUT2D eigenvalue weighted by molar-refractivity contribution is 7.16. The number of nitrogens with zero attached hydrogens (tertiary/aromatic N) is 2. The Bertz CT molecular complexity index is 1070. The van der Waals surface area contributed by atoms with E-state index in [0.29, 0.717) is 22.7 Å². The van der Waals surface area contributed by atoms with Gasteiger partial charge in [-0.05, 0) is 43.0 Å². The van der Waals surface area contributed by atoms with Gasteiger partial charge in [-0.3, -0.25) is 24.6 Å². The molecule has 1 N–H and O–H groups in total. The van der Waals surface area contributed by atoms with Gasteiger partial charge in [-0.1, -0.05) is 13.0 Å². The molecule has 0 bridgehead atoms. The van der Waals surface area contributed by atoms with E-state index in [9.17, 15) is 14.4 Å². The molecular weight excluding hydrogens is 394 g/mol. The average Bonchev–Trinajstić information content (AvgIpc) is 3.42. The zero-order valence-electron chi connectivity index (χ0n) is 15.3. The molecule has 8 heteroatoms. The Labute approximate surface area is 169 Å². The van der Waals surface area contributed by atoms with E-state index in [1.54, 1.807) is 23.5 Å². The summed E-state index contributed by atoms with van der Waals surface area (Å²) in [6.45, 7) is 3.76. The molecule has 0 saturated heterocycles. The van der Waals surface area contributed by atoms with Gasteiger partial charge < -0.3 is 0 Å². The first kappa shape index (κ1) is 18.5. The highest BCUT2D eigenvalue weighted by Gasteiger charge is 2.38. The number of rotatable bonds is 5. The number of fused-ring (bicyclic) bond motifs is 1. The largest absolute Gasteiger partial charge is 0.298 e. The highest BCUT2D eigenvalue weighted by atomic mass is 32.1. The summed E-state index contributed by atoms with van der Waals surface area (Å²) in [5.74, 6) is -1.02. The molecule has 2 aromatic heterocycles. The first-order valence-corrected chi connectivity index (χ1v) is 10.6. The maximum atomic E-state index is 12.6. The molecule has 0 saturated carbocycles. The van der Waals surface area contributed by atoms with Gasteiger partial charge in [0.2, 0.25) is 0 Å². The molecule has 1 aliphatic heterocycles. The van der Waals surface area contributed by atoms with Gasteiger partial charge in [-0.25, -0.2) is 4.98 Å². The second-order valence-corrected chi connectivity index (χ2v) is 8.27. The van der Waals surface area contributed by atoms with Crippen molar-refractivity contribution in [3.63, 3.8) is 0 Å². The summed E-state index contributed by atoms with van der Waals surface area (Å²) >= 11 is 2.92. The predicted octanol–water partition coefficient (Wildman–Crippen LogP) is 4.52. The van der Waals surface area contributed by atoms with Crippen LogP contribution in [0.25, 0.3) is 10.6 Å². The van der Waals surface area contributed by atoms with Crippen LogP contribution in [0.3, 0.4) is 0 Å². The van der Waals surface area contributed by atoms with E-state index in [4.69, 9.17) is 0 Å². The average molecular weight is 412 g/mol. The third kappa shape index (κ3) is 3.14. The van der Waals surface area contributed by atoms with Crippen LogP contribution < -0.4 is 5.32 Å². The number of hydrogen-bond donors (Lipinski definition) is 1. The summed E-state index contributed by atoms with van der Waals surface area (Å²) in [5, 5.41) is 7.11. The lowest BCUT2D eigenvalue weighted by Crippen LogP contribution is -2.37. The molecule has 1 aromatic carbocycles. The van der Waals surface area contributed by atoms with Gasteiger partial charge in [0.1, 0.15) is 0 Å². The standard InChI is InChI=1S/C20H17N3O3S2/c1-3-11(2)23-18(25)13-7-6-12(9-14(13)19(23)26)17(24)22-20-21-15(10-28-20)16-5-4-8-27-16/h4-11H,3H2,1-2H3,(H,21,22,24). The Balaban J connectivity index is 1.55. The minimum atomic E-state index is -0.364. The Kier molecular flexibility index (Phi) is 4.82. The maximum Gasteiger partial charge on any atom is 0.261 e.